The Kier molecular flexibility index (Phi) is 4.43. The molecule has 0 saturated carbocycles. The highest BCUT2D eigenvalue weighted by Crippen LogP contribution is 2.17. The highest BCUT2D eigenvalue weighted by molar-refractivity contribution is 6.17. The van der Waals surface area contributed by atoms with Gasteiger partial charge in [-0.25, -0.2) is 0 Å². The van der Waals surface area contributed by atoms with Crippen LogP contribution in [0.1, 0.15) is 22.3 Å². The van der Waals surface area contributed by atoms with Crippen LogP contribution in [0.2, 0.25) is 0 Å². The molecule has 2 N–H and O–H groups in total. The molecule has 1 amide bonds. The minimum atomic E-state index is -0.263. The van der Waals surface area contributed by atoms with Crippen molar-refractivity contribution in [3.8, 4) is 5.75 Å². The Labute approximate surface area is 94.1 Å². The largest absolute Gasteiger partial charge is 0.507 e. The van der Waals surface area contributed by atoms with Crippen molar-refractivity contribution in [2.24, 2.45) is 0 Å². The quantitative estimate of drug-likeness (QED) is 0.611. The van der Waals surface area contributed by atoms with Gasteiger partial charge in [-0.05, 0) is 25.5 Å². The van der Waals surface area contributed by atoms with Crippen molar-refractivity contribution < 1.29 is 9.90 Å². The first-order valence-corrected chi connectivity index (χ1v) is 5.32. The molecule has 3 nitrogen and oxygen atoms in total. The Balaban J connectivity index is 2.68. The van der Waals surface area contributed by atoms with Gasteiger partial charge in [-0.15, -0.1) is 11.6 Å². The Hall–Kier alpha value is -1.22. The van der Waals surface area contributed by atoms with E-state index < -0.39 is 0 Å². The van der Waals surface area contributed by atoms with E-state index in [9.17, 15) is 9.90 Å². The third-order valence-corrected chi connectivity index (χ3v) is 2.26. The number of alkyl halides is 1. The number of rotatable bonds is 4. The summed E-state index contributed by atoms with van der Waals surface area (Å²) in [6.07, 6.45) is 0.722. The molecule has 0 bridgehead atoms. The Morgan fingerprint density at radius 2 is 2.27 bits per heavy atom. The van der Waals surface area contributed by atoms with Crippen LogP contribution in [0.4, 0.5) is 0 Å². The zero-order valence-electron chi connectivity index (χ0n) is 8.59. The van der Waals surface area contributed by atoms with Crippen LogP contribution in [-0.2, 0) is 0 Å². The molecule has 0 radical (unpaired) electrons. The van der Waals surface area contributed by atoms with Crippen LogP contribution in [0.15, 0.2) is 18.2 Å². The minimum absolute atomic E-state index is 0.00368. The number of carbonyl (C=O) groups is 1. The topological polar surface area (TPSA) is 49.3 Å². The average Bonchev–Trinajstić information content (AvgIpc) is 2.22. The SMILES string of the molecule is Cc1ccc(O)c(C(=O)NCCCCl)c1. The fraction of sp³-hybridized carbons (Fsp3) is 0.364. The number of benzene rings is 1. The predicted molar refractivity (Wildman–Crippen MR) is 60.5 cm³/mol. The molecular formula is C11H14ClNO2. The lowest BCUT2D eigenvalue weighted by Gasteiger charge is -2.06. The van der Waals surface area contributed by atoms with Crippen LogP contribution in [0.25, 0.3) is 0 Å². The second-order valence-electron chi connectivity index (χ2n) is 3.32. The molecule has 0 unspecified atom stereocenters. The summed E-state index contributed by atoms with van der Waals surface area (Å²) in [6.45, 7) is 2.39. The molecule has 0 atom stereocenters. The van der Waals surface area contributed by atoms with Gasteiger partial charge in [0.25, 0.3) is 5.91 Å². The van der Waals surface area contributed by atoms with Gasteiger partial charge < -0.3 is 10.4 Å². The zero-order valence-corrected chi connectivity index (χ0v) is 9.34. The summed E-state index contributed by atoms with van der Waals surface area (Å²) in [7, 11) is 0. The molecule has 0 saturated heterocycles. The van der Waals surface area contributed by atoms with E-state index in [1.54, 1.807) is 12.1 Å². The zero-order chi connectivity index (χ0) is 11.3. The standard InChI is InChI=1S/C11H14ClNO2/c1-8-3-4-10(14)9(7-8)11(15)13-6-2-5-12/h3-4,7,14H,2,5-6H2,1H3,(H,13,15). The third-order valence-electron chi connectivity index (χ3n) is 1.99. The van der Waals surface area contributed by atoms with Crippen molar-refractivity contribution in [2.45, 2.75) is 13.3 Å². The number of amides is 1. The normalized spacial score (nSPS) is 10.0. The van der Waals surface area contributed by atoms with Gasteiger partial charge in [0.05, 0.1) is 5.56 Å². The molecule has 0 aliphatic rings. The summed E-state index contributed by atoms with van der Waals surface area (Å²) in [6, 6.07) is 4.93. The van der Waals surface area contributed by atoms with E-state index in [2.05, 4.69) is 5.32 Å². The molecule has 1 aromatic rings. The molecule has 1 rings (SSSR count). The number of carbonyl (C=O) groups excluding carboxylic acids is 1. The number of aryl methyl sites for hydroxylation is 1. The van der Waals surface area contributed by atoms with Crippen LogP contribution >= 0.6 is 11.6 Å². The molecular weight excluding hydrogens is 214 g/mol. The number of phenols is 1. The van der Waals surface area contributed by atoms with Gasteiger partial charge in [0, 0.05) is 12.4 Å². The number of nitrogens with one attached hydrogen (secondary N) is 1. The van der Waals surface area contributed by atoms with Crippen molar-refractivity contribution in [3.63, 3.8) is 0 Å². The number of aromatic hydroxyl groups is 1. The maximum absolute atomic E-state index is 11.6. The van der Waals surface area contributed by atoms with E-state index >= 15 is 0 Å². The fourth-order valence-electron chi connectivity index (χ4n) is 1.20. The highest BCUT2D eigenvalue weighted by Gasteiger charge is 2.09. The number of hydrogen-bond acceptors (Lipinski definition) is 2. The van der Waals surface area contributed by atoms with Crippen molar-refractivity contribution in [3.05, 3.63) is 29.3 Å². The highest BCUT2D eigenvalue weighted by atomic mass is 35.5. The Morgan fingerprint density at radius 3 is 2.93 bits per heavy atom. The molecule has 0 aliphatic carbocycles. The summed E-state index contributed by atoms with van der Waals surface area (Å²) >= 11 is 5.49. The molecule has 0 heterocycles. The van der Waals surface area contributed by atoms with Crippen LogP contribution in [0.3, 0.4) is 0 Å². The minimum Gasteiger partial charge on any atom is -0.507 e. The van der Waals surface area contributed by atoms with Crippen molar-refractivity contribution in [1.82, 2.24) is 5.32 Å². The van der Waals surface area contributed by atoms with Crippen molar-refractivity contribution in [1.29, 1.82) is 0 Å². The molecule has 4 heteroatoms. The first-order chi connectivity index (χ1) is 7.15. The molecule has 1 aromatic carbocycles. The lowest BCUT2D eigenvalue weighted by atomic mass is 10.1. The summed E-state index contributed by atoms with van der Waals surface area (Å²) in [5, 5.41) is 12.2. The summed E-state index contributed by atoms with van der Waals surface area (Å²) in [5.41, 5.74) is 1.25. The van der Waals surface area contributed by atoms with Gasteiger partial charge in [0.2, 0.25) is 0 Å². The summed E-state index contributed by atoms with van der Waals surface area (Å²) in [5.74, 6) is 0.255. The van der Waals surface area contributed by atoms with Crippen LogP contribution in [0.5, 0.6) is 5.75 Å². The average molecular weight is 228 g/mol. The molecule has 82 valence electrons. The number of halogens is 1. The second-order valence-corrected chi connectivity index (χ2v) is 3.70. The van der Waals surface area contributed by atoms with Crippen LogP contribution < -0.4 is 5.32 Å². The van der Waals surface area contributed by atoms with Gasteiger partial charge in [-0.2, -0.15) is 0 Å². The first kappa shape index (κ1) is 11.9. The van der Waals surface area contributed by atoms with Gasteiger partial charge in [0.1, 0.15) is 5.75 Å². The lowest BCUT2D eigenvalue weighted by Crippen LogP contribution is -2.24. The van der Waals surface area contributed by atoms with Crippen molar-refractivity contribution >= 4 is 17.5 Å². The summed E-state index contributed by atoms with van der Waals surface area (Å²) in [4.78, 5) is 11.6. The third kappa shape index (κ3) is 3.44. The van der Waals surface area contributed by atoms with Crippen molar-refractivity contribution in [2.75, 3.05) is 12.4 Å². The maximum atomic E-state index is 11.6. The molecule has 0 aliphatic heterocycles. The molecule has 0 spiro atoms. The number of phenolic OH excluding ortho intramolecular Hbond substituents is 1. The second kappa shape index (κ2) is 5.61. The van der Waals surface area contributed by atoms with E-state index in [1.807, 2.05) is 6.92 Å². The first-order valence-electron chi connectivity index (χ1n) is 4.79. The van der Waals surface area contributed by atoms with E-state index in [0.717, 1.165) is 12.0 Å². The monoisotopic (exact) mass is 227 g/mol. The predicted octanol–water partition coefficient (Wildman–Crippen LogP) is 2.06. The smallest absolute Gasteiger partial charge is 0.255 e. The maximum Gasteiger partial charge on any atom is 0.255 e. The van der Waals surface area contributed by atoms with Crippen LogP contribution in [0, 0.1) is 6.92 Å². The Morgan fingerprint density at radius 1 is 1.53 bits per heavy atom. The van der Waals surface area contributed by atoms with E-state index in [0.29, 0.717) is 18.0 Å². The fourth-order valence-corrected chi connectivity index (χ4v) is 1.33. The van der Waals surface area contributed by atoms with Gasteiger partial charge in [-0.3, -0.25) is 4.79 Å². The molecule has 0 fully saturated rings. The van der Waals surface area contributed by atoms with Gasteiger partial charge in [-0.1, -0.05) is 11.6 Å². The van der Waals surface area contributed by atoms with Crippen LogP contribution in [-0.4, -0.2) is 23.4 Å². The summed E-state index contributed by atoms with van der Waals surface area (Å²) < 4.78 is 0. The Bertz CT molecular complexity index is 352. The van der Waals surface area contributed by atoms with E-state index in [1.165, 1.54) is 6.07 Å². The molecule has 0 aromatic heterocycles. The van der Waals surface area contributed by atoms with E-state index in [4.69, 9.17) is 11.6 Å². The lowest BCUT2D eigenvalue weighted by molar-refractivity contribution is 0.0951. The number of hydrogen-bond donors (Lipinski definition) is 2. The van der Waals surface area contributed by atoms with Gasteiger partial charge >= 0.3 is 0 Å². The molecule has 15 heavy (non-hydrogen) atoms. The van der Waals surface area contributed by atoms with E-state index in [-0.39, 0.29) is 11.7 Å². The van der Waals surface area contributed by atoms with Gasteiger partial charge in [0.15, 0.2) is 0 Å².